The number of carbonyl (C=O) groups excluding carboxylic acids is 1. The first-order valence-corrected chi connectivity index (χ1v) is 8.11. The first-order valence-electron chi connectivity index (χ1n) is 8.11. The molecule has 0 aliphatic carbocycles. The lowest BCUT2D eigenvalue weighted by Crippen LogP contribution is -2.50. The number of terminal acetylenes is 1. The zero-order valence-corrected chi connectivity index (χ0v) is 13.4. The summed E-state index contributed by atoms with van der Waals surface area (Å²) in [4.78, 5) is 22.5. The van der Waals surface area contributed by atoms with E-state index in [1.54, 1.807) is 0 Å². The number of hydrogen-bond donors (Lipinski definition) is 2. The summed E-state index contributed by atoms with van der Waals surface area (Å²) in [5.74, 6) is 3.46. The first-order chi connectivity index (χ1) is 11.2. The number of carbonyl (C=O) groups is 1. The van der Waals surface area contributed by atoms with Crippen molar-refractivity contribution in [1.29, 1.82) is 0 Å². The van der Waals surface area contributed by atoms with Crippen LogP contribution in [0, 0.1) is 12.3 Å². The van der Waals surface area contributed by atoms with Gasteiger partial charge in [-0.15, -0.1) is 6.42 Å². The second-order valence-electron chi connectivity index (χ2n) is 6.06. The number of H-pyrrole nitrogens is 1. The average molecular weight is 310 g/mol. The number of aromatic amines is 1. The molecule has 2 aromatic rings. The van der Waals surface area contributed by atoms with E-state index in [2.05, 4.69) is 26.1 Å². The number of hydrogen-bond acceptors (Lipinski definition) is 3. The van der Waals surface area contributed by atoms with E-state index in [1.807, 2.05) is 31.2 Å². The molecule has 2 N–H and O–H groups in total. The van der Waals surface area contributed by atoms with Crippen LogP contribution in [0.2, 0.25) is 0 Å². The van der Waals surface area contributed by atoms with Crippen molar-refractivity contribution in [1.82, 2.24) is 20.2 Å². The molecule has 1 fully saturated rings. The van der Waals surface area contributed by atoms with Gasteiger partial charge in [0.1, 0.15) is 5.82 Å². The van der Waals surface area contributed by atoms with Gasteiger partial charge in [0.15, 0.2) is 0 Å². The summed E-state index contributed by atoms with van der Waals surface area (Å²) in [6, 6.07) is 7.56. The molecule has 1 aliphatic heterocycles. The van der Waals surface area contributed by atoms with Gasteiger partial charge in [-0.25, -0.2) is 4.98 Å². The van der Waals surface area contributed by atoms with E-state index in [0.717, 1.165) is 42.7 Å². The van der Waals surface area contributed by atoms with Gasteiger partial charge in [-0.2, -0.15) is 0 Å². The zero-order valence-electron chi connectivity index (χ0n) is 13.4. The van der Waals surface area contributed by atoms with Crippen molar-refractivity contribution < 1.29 is 4.79 Å². The fourth-order valence-corrected chi connectivity index (χ4v) is 3.15. The number of piperidine rings is 1. The molecule has 1 saturated heterocycles. The standard InChI is InChI=1S/C18H22N4O/c1-3-11-22-12-7-6-10-16(22)18(23)19-13(2)17-20-14-8-4-5-9-15(14)21-17/h1,4-5,8-9,13,16H,6-7,10-12H2,2H3,(H,19,23)(H,20,21)/t13-,16-/m1/s1. The monoisotopic (exact) mass is 310 g/mol. The Morgan fingerprint density at radius 2 is 2.35 bits per heavy atom. The zero-order chi connectivity index (χ0) is 16.2. The molecule has 1 aromatic heterocycles. The van der Waals surface area contributed by atoms with Gasteiger partial charge in [0.2, 0.25) is 5.91 Å². The van der Waals surface area contributed by atoms with Crippen LogP contribution in [0.5, 0.6) is 0 Å². The molecule has 120 valence electrons. The van der Waals surface area contributed by atoms with Crippen LogP contribution in [0.15, 0.2) is 24.3 Å². The molecule has 0 spiro atoms. The van der Waals surface area contributed by atoms with Crippen molar-refractivity contribution in [2.75, 3.05) is 13.1 Å². The highest BCUT2D eigenvalue weighted by atomic mass is 16.2. The number of amides is 1. The third-order valence-corrected chi connectivity index (χ3v) is 4.39. The average Bonchev–Trinajstić information content (AvgIpc) is 3.00. The summed E-state index contributed by atoms with van der Waals surface area (Å²) in [5.41, 5.74) is 1.89. The van der Waals surface area contributed by atoms with E-state index in [9.17, 15) is 4.79 Å². The fraction of sp³-hybridized carbons (Fsp3) is 0.444. The minimum Gasteiger partial charge on any atom is -0.345 e. The molecule has 2 heterocycles. The van der Waals surface area contributed by atoms with Crippen molar-refractivity contribution in [2.24, 2.45) is 0 Å². The highest BCUT2D eigenvalue weighted by Crippen LogP contribution is 2.19. The number of nitrogens with one attached hydrogen (secondary N) is 2. The first kappa shape index (κ1) is 15.6. The number of fused-ring (bicyclic) bond motifs is 1. The Kier molecular flexibility index (Phi) is 4.63. The Hall–Kier alpha value is -2.32. The normalized spacial score (nSPS) is 20.1. The molecule has 23 heavy (non-hydrogen) atoms. The van der Waals surface area contributed by atoms with Crippen molar-refractivity contribution in [3.63, 3.8) is 0 Å². The smallest absolute Gasteiger partial charge is 0.237 e. The van der Waals surface area contributed by atoms with Gasteiger partial charge >= 0.3 is 0 Å². The number of imidazole rings is 1. The highest BCUT2D eigenvalue weighted by Gasteiger charge is 2.29. The summed E-state index contributed by atoms with van der Waals surface area (Å²) in [7, 11) is 0. The minimum atomic E-state index is -0.162. The molecule has 5 nitrogen and oxygen atoms in total. The second-order valence-corrected chi connectivity index (χ2v) is 6.06. The largest absolute Gasteiger partial charge is 0.345 e. The lowest BCUT2D eigenvalue weighted by molar-refractivity contribution is -0.128. The summed E-state index contributed by atoms with van der Waals surface area (Å²) in [5, 5.41) is 3.07. The maximum absolute atomic E-state index is 12.6. The molecule has 5 heteroatoms. The number of benzene rings is 1. The molecule has 2 atom stereocenters. The molecule has 1 aromatic carbocycles. The maximum Gasteiger partial charge on any atom is 0.237 e. The van der Waals surface area contributed by atoms with Crippen LogP contribution in [-0.4, -0.2) is 39.9 Å². The molecule has 1 amide bonds. The molecule has 1 aliphatic rings. The van der Waals surface area contributed by atoms with Crippen molar-refractivity contribution in [3.8, 4) is 12.3 Å². The third-order valence-electron chi connectivity index (χ3n) is 4.39. The lowest BCUT2D eigenvalue weighted by atomic mass is 10.0. The molecule has 3 rings (SSSR count). The number of aromatic nitrogens is 2. The van der Waals surface area contributed by atoms with Crippen LogP contribution in [0.25, 0.3) is 11.0 Å². The predicted molar refractivity (Wildman–Crippen MR) is 90.7 cm³/mol. The van der Waals surface area contributed by atoms with Gasteiger partial charge in [0.25, 0.3) is 0 Å². The minimum absolute atomic E-state index is 0.0351. The Labute approximate surface area is 136 Å². The van der Waals surface area contributed by atoms with Crippen molar-refractivity contribution >= 4 is 16.9 Å². The topological polar surface area (TPSA) is 61.0 Å². The number of nitrogens with zero attached hydrogens (tertiary/aromatic N) is 2. The van der Waals surface area contributed by atoms with Crippen LogP contribution in [-0.2, 0) is 4.79 Å². The summed E-state index contributed by atoms with van der Waals surface area (Å²) in [6.45, 7) is 3.36. The highest BCUT2D eigenvalue weighted by molar-refractivity contribution is 5.82. The lowest BCUT2D eigenvalue weighted by Gasteiger charge is -2.33. The van der Waals surface area contributed by atoms with E-state index >= 15 is 0 Å². The van der Waals surface area contributed by atoms with Gasteiger partial charge in [-0.05, 0) is 38.4 Å². The Bertz CT molecular complexity index is 697. The Morgan fingerprint density at radius 3 is 3.13 bits per heavy atom. The number of rotatable bonds is 4. The van der Waals surface area contributed by atoms with E-state index in [-0.39, 0.29) is 18.0 Å². The number of likely N-dealkylation sites (tertiary alicyclic amines) is 1. The van der Waals surface area contributed by atoms with Crippen LogP contribution >= 0.6 is 0 Å². The molecular weight excluding hydrogens is 288 g/mol. The molecule has 0 bridgehead atoms. The van der Waals surface area contributed by atoms with Gasteiger partial charge in [-0.3, -0.25) is 9.69 Å². The van der Waals surface area contributed by atoms with Crippen molar-refractivity contribution in [3.05, 3.63) is 30.1 Å². The SMILES string of the molecule is C#CCN1CCCC[C@@H]1C(=O)N[C@H](C)c1nc2ccccc2[nH]1. The van der Waals surface area contributed by atoms with Crippen LogP contribution < -0.4 is 5.32 Å². The van der Waals surface area contributed by atoms with Crippen LogP contribution in [0.3, 0.4) is 0 Å². The van der Waals surface area contributed by atoms with E-state index < -0.39 is 0 Å². The van der Waals surface area contributed by atoms with E-state index in [4.69, 9.17) is 6.42 Å². The van der Waals surface area contributed by atoms with Gasteiger partial charge in [0.05, 0.1) is 29.7 Å². The van der Waals surface area contributed by atoms with E-state index in [0.29, 0.717) is 6.54 Å². The van der Waals surface area contributed by atoms with Gasteiger partial charge < -0.3 is 10.3 Å². The van der Waals surface area contributed by atoms with Crippen molar-refractivity contribution in [2.45, 2.75) is 38.3 Å². The molecule has 0 saturated carbocycles. The quantitative estimate of drug-likeness (QED) is 0.851. The summed E-state index contributed by atoms with van der Waals surface area (Å²) >= 11 is 0. The Morgan fingerprint density at radius 1 is 1.52 bits per heavy atom. The molecule has 0 radical (unpaired) electrons. The molecular formula is C18H22N4O. The fourth-order valence-electron chi connectivity index (χ4n) is 3.15. The summed E-state index contributed by atoms with van der Waals surface area (Å²) < 4.78 is 0. The van der Waals surface area contributed by atoms with Gasteiger partial charge in [-0.1, -0.05) is 24.5 Å². The molecule has 0 unspecified atom stereocenters. The predicted octanol–water partition coefficient (Wildman–Crippen LogP) is 2.23. The van der Waals surface area contributed by atoms with Crippen LogP contribution in [0.1, 0.15) is 38.1 Å². The van der Waals surface area contributed by atoms with Gasteiger partial charge in [0, 0.05) is 0 Å². The Balaban J connectivity index is 1.69. The maximum atomic E-state index is 12.6. The van der Waals surface area contributed by atoms with Crippen LogP contribution in [0.4, 0.5) is 0 Å². The van der Waals surface area contributed by atoms with E-state index in [1.165, 1.54) is 0 Å². The third kappa shape index (κ3) is 3.38. The summed E-state index contributed by atoms with van der Waals surface area (Å²) in [6.07, 6.45) is 8.45. The second kappa shape index (κ2) is 6.84. The number of para-hydroxylation sites is 2.